The van der Waals surface area contributed by atoms with E-state index in [1.54, 1.807) is 19.2 Å². The van der Waals surface area contributed by atoms with E-state index in [4.69, 9.17) is 0 Å². The van der Waals surface area contributed by atoms with Crippen LogP contribution >= 0.6 is 0 Å². The van der Waals surface area contributed by atoms with Gasteiger partial charge in [0.15, 0.2) is 5.82 Å². The van der Waals surface area contributed by atoms with Crippen molar-refractivity contribution in [3.05, 3.63) is 34.0 Å². The van der Waals surface area contributed by atoms with Crippen molar-refractivity contribution in [3.8, 4) is 17.4 Å². The zero-order chi connectivity index (χ0) is 14.1. The molecule has 20 heavy (non-hydrogen) atoms. The lowest BCUT2D eigenvalue weighted by atomic mass is 10.00. The minimum Gasteiger partial charge on any atom is -0.493 e. The van der Waals surface area contributed by atoms with Crippen LogP contribution in [0.4, 0.5) is 0 Å². The molecule has 1 aliphatic carbocycles. The number of rotatable bonds is 2. The van der Waals surface area contributed by atoms with Crippen molar-refractivity contribution in [2.45, 2.75) is 38.5 Å². The third kappa shape index (κ3) is 2.29. The van der Waals surface area contributed by atoms with Gasteiger partial charge >= 0.3 is 0 Å². The van der Waals surface area contributed by atoms with Crippen LogP contribution in [0.2, 0.25) is 0 Å². The SMILES string of the molecule is Cc1nccc(-c2nc(O)c(C3CCCC3)c(=O)[nH]2)n1. The van der Waals surface area contributed by atoms with Crippen molar-refractivity contribution in [1.82, 2.24) is 19.9 Å². The molecule has 2 N–H and O–H groups in total. The van der Waals surface area contributed by atoms with Crippen LogP contribution in [0.25, 0.3) is 11.5 Å². The molecule has 104 valence electrons. The smallest absolute Gasteiger partial charge is 0.258 e. The number of aryl methyl sites for hydroxylation is 1. The zero-order valence-corrected chi connectivity index (χ0v) is 11.3. The molecule has 1 saturated carbocycles. The molecular formula is C14H16N4O2. The van der Waals surface area contributed by atoms with E-state index in [-0.39, 0.29) is 23.2 Å². The Morgan fingerprint density at radius 3 is 2.70 bits per heavy atom. The Bertz CT molecular complexity index is 690. The number of H-pyrrole nitrogens is 1. The van der Waals surface area contributed by atoms with Gasteiger partial charge in [-0.3, -0.25) is 4.79 Å². The molecule has 0 atom stereocenters. The van der Waals surface area contributed by atoms with E-state index < -0.39 is 0 Å². The van der Waals surface area contributed by atoms with Crippen molar-refractivity contribution in [3.63, 3.8) is 0 Å². The van der Waals surface area contributed by atoms with Gasteiger partial charge in [-0.25, -0.2) is 9.97 Å². The maximum absolute atomic E-state index is 12.2. The molecule has 0 amide bonds. The lowest BCUT2D eigenvalue weighted by Gasteiger charge is -2.10. The highest BCUT2D eigenvalue weighted by Gasteiger charge is 2.24. The van der Waals surface area contributed by atoms with Crippen LogP contribution in [-0.4, -0.2) is 25.0 Å². The van der Waals surface area contributed by atoms with Gasteiger partial charge in [-0.1, -0.05) is 12.8 Å². The fourth-order valence-electron chi connectivity index (χ4n) is 2.76. The second kappa shape index (κ2) is 5.03. The predicted octanol–water partition coefficient (Wildman–Crippen LogP) is 1.90. The summed E-state index contributed by atoms with van der Waals surface area (Å²) in [5, 5.41) is 10.1. The Balaban J connectivity index is 2.05. The summed E-state index contributed by atoms with van der Waals surface area (Å²) in [6, 6.07) is 1.65. The summed E-state index contributed by atoms with van der Waals surface area (Å²) in [7, 11) is 0. The van der Waals surface area contributed by atoms with Gasteiger partial charge in [-0.2, -0.15) is 4.98 Å². The van der Waals surface area contributed by atoms with Gasteiger partial charge in [-0.15, -0.1) is 0 Å². The van der Waals surface area contributed by atoms with E-state index >= 15 is 0 Å². The minimum absolute atomic E-state index is 0.118. The molecule has 6 nitrogen and oxygen atoms in total. The van der Waals surface area contributed by atoms with Gasteiger partial charge in [0.1, 0.15) is 11.5 Å². The van der Waals surface area contributed by atoms with E-state index in [1.165, 1.54) is 0 Å². The molecule has 0 spiro atoms. The Hall–Kier alpha value is -2.24. The van der Waals surface area contributed by atoms with E-state index in [0.29, 0.717) is 17.1 Å². The largest absolute Gasteiger partial charge is 0.493 e. The number of hydrogen-bond acceptors (Lipinski definition) is 5. The number of nitrogens with zero attached hydrogens (tertiary/aromatic N) is 3. The Morgan fingerprint density at radius 2 is 2.05 bits per heavy atom. The summed E-state index contributed by atoms with van der Waals surface area (Å²) >= 11 is 0. The van der Waals surface area contributed by atoms with Gasteiger partial charge in [0, 0.05) is 6.20 Å². The first-order chi connectivity index (χ1) is 9.65. The molecule has 0 aliphatic heterocycles. The van der Waals surface area contributed by atoms with Crippen molar-refractivity contribution in [2.24, 2.45) is 0 Å². The highest BCUT2D eigenvalue weighted by atomic mass is 16.3. The fourth-order valence-corrected chi connectivity index (χ4v) is 2.76. The van der Waals surface area contributed by atoms with Crippen molar-refractivity contribution < 1.29 is 5.11 Å². The van der Waals surface area contributed by atoms with Gasteiger partial charge in [0.05, 0.1) is 5.56 Å². The number of aromatic nitrogens is 4. The molecule has 2 aromatic rings. The minimum atomic E-state index is -0.268. The number of nitrogens with one attached hydrogen (secondary N) is 1. The summed E-state index contributed by atoms with van der Waals surface area (Å²) < 4.78 is 0. The second-order valence-corrected chi connectivity index (χ2v) is 5.12. The topological polar surface area (TPSA) is 91.8 Å². The predicted molar refractivity (Wildman–Crippen MR) is 73.5 cm³/mol. The molecule has 3 rings (SSSR count). The molecule has 1 aliphatic rings. The lowest BCUT2D eigenvalue weighted by molar-refractivity contribution is 0.436. The first kappa shape index (κ1) is 12.8. The van der Waals surface area contributed by atoms with Crippen LogP contribution in [0.5, 0.6) is 5.88 Å². The van der Waals surface area contributed by atoms with Gasteiger partial charge in [0.2, 0.25) is 5.88 Å². The molecule has 0 radical (unpaired) electrons. The van der Waals surface area contributed by atoms with Crippen LogP contribution in [-0.2, 0) is 0 Å². The van der Waals surface area contributed by atoms with Crippen LogP contribution in [0, 0.1) is 6.92 Å². The number of hydrogen-bond donors (Lipinski definition) is 2. The first-order valence-electron chi connectivity index (χ1n) is 6.78. The van der Waals surface area contributed by atoms with E-state index in [0.717, 1.165) is 25.7 Å². The molecule has 0 bridgehead atoms. The van der Waals surface area contributed by atoms with Crippen LogP contribution in [0.15, 0.2) is 17.1 Å². The standard InChI is InChI=1S/C14H16N4O2/c1-8-15-7-6-10(16-8)12-17-13(19)11(14(20)18-12)9-4-2-3-5-9/h6-7,9H,2-5H2,1H3,(H2,17,18,19,20). The van der Waals surface area contributed by atoms with E-state index in [2.05, 4.69) is 19.9 Å². The van der Waals surface area contributed by atoms with Gasteiger partial charge in [-0.05, 0) is 31.7 Å². The quantitative estimate of drug-likeness (QED) is 0.871. The van der Waals surface area contributed by atoms with Crippen molar-refractivity contribution >= 4 is 0 Å². The highest BCUT2D eigenvalue weighted by Crippen LogP contribution is 2.35. The summed E-state index contributed by atoms with van der Waals surface area (Å²) in [4.78, 5) is 27.2. The summed E-state index contributed by atoms with van der Waals surface area (Å²) in [5.74, 6) is 0.809. The average molecular weight is 272 g/mol. The number of aromatic hydroxyl groups is 1. The maximum Gasteiger partial charge on any atom is 0.258 e. The molecule has 0 aromatic carbocycles. The summed E-state index contributed by atoms with van der Waals surface area (Å²) in [5.41, 5.74) is 0.649. The molecule has 0 saturated heterocycles. The molecule has 2 aromatic heterocycles. The molecule has 0 unspecified atom stereocenters. The molecule has 2 heterocycles. The van der Waals surface area contributed by atoms with E-state index in [1.807, 2.05) is 0 Å². The Morgan fingerprint density at radius 1 is 1.30 bits per heavy atom. The third-order valence-corrected chi connectivity index (χ3v) is 3.72. The van der Waals surface area contributed by atoms with Gasteiger partial charge in [0.25, 0.3) is 5.56 Å². The summed E-state index contributed by atoms with van der Waals surface area (Å²) in [6.45, 7) is 1.76. The third-order valence-electron chi connectivity index (χ3n) is 3.72. The maximum atomic E-state index is 12.2. The monoisotopic (exact) mass is 272 g/mol. The highest BCUT2D eigenvalue weighted by molar-refractivity contribution is 5.49. The molecular weight excluding hydrogens is 256 g/mol. The fraction of sp³-hybridized carbons (Fsp3) is 0.429. The average Bonchev–Trinajstić information content (AvgIpc) is 2.91. The second-order valence-electron chi connectivity index (χ2n) is 5.12. The van der Waals surface area contributed by atoms with Gasteiger partial charge < -0.3 is 10.1 Å². The lowest BCUT2D eigenvalue weighted by Crippen LogP contribution is -2.17. The van der Waals surface area contributed by atoms with Crippen molar-refractivity contribution in [1.29, 1.82) is 0 Å². The molecule has 6 heteroatoms. The van der Waals surface area contributed by atoms with Crippen LogP contribution in [0.1, 0.15) is 43.0 Å². The molecule has 1 fully saturated rings. The Kier molecular flexibility index (Phi) is 3.22. The first-order valence-corrected chi connectivity index (χ1v) is 6.78. The van der Waals surface area contributed by atoms with Crippen LogP contribution < -0.4 is 5.56 Å². The normalized spacial score (nSPS) is 15.7. The zero-order valence-electron chi connectivity index (χ0n) is 11.3. The number of aromatic amines is 1. The van der Waals surface area contributed by atoms with E-state index in [9.17, 15) is 9.90 Å². The summed E-state index contributed by atoms with van der Waals surface area (Å²) in [6.07, 6.45) is 5.65. The Labute approximate surface area is 116 Å². The van der Waals surface area contributed by atoms with Crippen molar-refractivity contribution in [2.75, 3.05) is 0 Å². The van der Waals surface area contributed by atoms with Crippen LogP contribution in [0.3, 0.4) is 0 Å².